The first-order chi connectivity index (χ1) is 8.04. The van der Waals surface area contributed by atoms with E-state index < -0.39 is 5.97 Å². The predicted molar refractivity (Wildman–Crippen MR) is 74.2 cm³/mol. The molecule has 1 aromatic rings. The highest BCUT2D eigenvalue weighted by Gasteiger charge is 2.06. The van der Waals surface area contributed by atoms with Crippen molar-refractivity contribution < 1.29 is 9.90 Å². The summed E-state index contributed by atoms with van der Waals surface area (Å²) in [5.74, 6) is 0.846. The Morgan fingerprint density at radius 3 is 2.76 bits per heavy atom. The summed E-state index contributed by atoms with van der Waals surface area (Å²) in [5, 5.41) is 12.2. The molecular weight excluding hydrogens is 234 g/mol. The highest BCUT2D eigenvalue weighted by Crippen LogP contribution is 2.17. The van der Waals surface area contributed by atoms with E-state index in [9.17, 15) is 4.79 Å². The molecule has 17 heavy (non-hydrogen) atoms. The average Bonchev–Trinajstić information content (AvgIpc) is 2.27. The molecule has 0 aromatic heterocycles. The lowest BCUT2D eigenvalue weighted by molar-refractivity contribution is 0.0697. The van der Waals surface area contributed by atoms with Crippen LogP contribution in [0.25, 0.3) is 0 Å². The van der Waals surface area contributed by atoms with Gasteiger partial charge in [-0.15, -0.1) is 0 Å². The number of rotatable bonds is 6. The van der Waals surface area contributed by atoms with Gasteiger partial charge < -0.3 is 10.4 Å². The van der Waals surface area contributed by atoms with Crippen molar-refractivity contribution in [1.82, 2.24) is 0 Å². The van der Waals surface area contributed by atoms with E-state index >= 15 is 0 Å². The van der Waals surface area contributed by atoms with Crippen LogP contribution in [0.4, 0.5) is 5.69 Å². The van der Waals surface area contributed by atoms with Gasteiger partial charge in [0.2, 0.25) is 0 Å². The predicted octanol–water partition coefficient (Wildman–Crippen LogP) is 3.10. The number of hydrogen-bond acceptors (Lipinski definition) is 3. The molecule has 0 aliphatic carbocycles. The zero-order valence-electron chi connectivity index (χ0n) is 10.5. The minimum absolute atomic E-state index is 0.338. The first-order valence-corrected chi connectivity index (χ1v) is 7.00. The normalized spacial score (nSPS) is 12.2. The number of carboxylic acid groups (broad SMARTS) is 1. The van der Waals surface area contributed by atoms with Gasteiger partial charge >= 0.3 is 5.97 Å². The third kappa shape index (κ3) is 4.30. The molecule has 1 unspecified atom stereocenters. The van der Waals surface area contributed by atoms with Gasteiger partial charge in [0.1, 0.15) is 0 Å². The number of aromatic carboxylic acids is 1. The molecule has 0 radical (unpaired) electrons. The summed E-state index contributed by atoms with van der Waals surface area (Å²) in [6, 6.07) is 5.17. The first-order valence-electron chi connectivity index (χ1n) is 5.61. The van der Waals surface area contributed by atoms with Crippen molar-refractivity contribution in [3.05, 3.63) is 29.3 Å². The topological polar surface area (TPSA) is 49.3 Å². The smallest absolute Gasteiger partial charge is 0.335 e. The Hall–Kier alpha value is -1.16. The molecule has 0 bridgehead atoms. The zero-order chi connectivity index (χ0) is 12.8. The number of hydrogen-bond donors (Lipinski definition) is 2. The van der Waals surface area contributed by atoms with E-state index in [-0.39, 0.29) is 0 Å². The van der Waals surface area contributed by atoms with E-state index in [1.165, 1.54) is 0 Å². The van der Waals surface area contributed by atoms with Crippen molar-refractivity contribution in [2.75, 3.05) is 23.9 Å². The Morgan fingerprint density at radius 2 is 2.24 bits per heavy atom. The molecule has 1 rings (SSSR count). The standard InChI is InChI=1S/C13H19NO2S/c1-9(8-17-3)7-14-12-5-4-11(13(15)16)6-10(12)2/h4-6,9,14H,7-8H2,1-3H3,(H,15,16). The van der Waals surface area contributed by atoms with Crippen LogP contribution < -0.4 is 5.32 Å². The number of anilines is 1. The van der Waals surface area contributed by atoms with Crippen molar-refractivity contribution >= 4 is 23.4 Å². The Bertz CT molecular complexity index is 393. The number of benzene rings is 1. The summed E-state index contributed by atoms with van der Waals surface area (Å²) in [6.45, 7) is 5.03. The van der Waals surface area contributed by atoms with Gasteiger partial charge in [-0.25, -0.2) is 4.79 Å². The van der Waals surface area contributed by atoms with Crippen LogP contribution in [-0.4, -0.2) is 29.6 Å². The van der Waals surface area contributed by atoms with Crippen LogP contribution >= 0.6 is 11.8 Å². The zero-order valence-corrected chi connectivity index (χ0v) is 11.3. The minimum Gasteiger partial charge on any atom is -0.478 e. The molecule has 0 spiro atoms. The average molecular weight is 253 g/mol. The second-order valence-corrected chi connectivity index (χ2v) is 5.19. The van der Waals surface area contributed by atoms with Crippen molar-refractivity contribution in [2.45, 2.75) is 13.8 Å². The molecule has 4 heteroatoms. The fourth-order valence-corrected chi connectivity index (χ4v) is 2.31. The lowest BCUT2D eigenvalue weighted by Gasteiger charge is -2.14. The summed E-state index contributed by atoms with van der Waals surface area (Å²) in [4.78, 5) is 10.8. The van der Waals surface area contributed by atoms with Gasteiger partial charge in [0, 0.05) is 12.2 Å². The lowest BCUT2D eigenvalue weighted by Crippen LogP contribution is -2.14. The minimum atomic E-state index is -0.879. The summed E-state index contributed by atoms with van der Waals surface area (Å²) < 4.78 is 0. The highest BCUT2D eigenvalue weighted by molar-refractivity contribution is 7.98. The Kier molecular flexibility index (Phi) is 5.35. The molecule has 0 heterocycles. The van der Waals surface area contributed by atoms with Gasteiger partial charge in [-0.3, -0.25) is 0 Å². The second-order valence-electron chi connectivity index (χ2n) is 4.28. The fourth-order valence-electron chi connectivity index (χ4n) is 1.62. The Labute approximate surface area is 107 Å². The van der Waals surface area contributed by atoms with E-state index in [1.54, 1.807) is 12.1 Å². The number of carboxylic acids is 1. The SMILES string of the molecule is CSCC(C)CNc1ccc(C(=O)O)cc1C. The van der Waals surface area contributed by atoms with Crippen molar-refractivity contribution in [3.63, 3.8) is 0 Å². The Morgan fingerprint density at radius 1 is 1.53 bits per heavy atom. The molecule has 0 aliphatic rings. The summed E-state index contributed by atoms with van der Waals surface area (Å²) in [7, 11) is 0. The number of carbonyl (C=O) groups is 1. The molecule has 3 nitrogen and oxygen atoms in total. The van der Waals surface area contributed by atoms with E-state index in [2.05, 4.69) is 18.5 Å². The van der Waals surface area contributed by atoms with E-state index in [1.807, 2.05) is 24.8 Å². The molecule has 2 N–H and O–H groups in total. The third-order valence-electron chi connectivity index (χ3n) is 2.57. The molecule has 0 aliphatic heterocycles. The van der Waals surface area contributed by atoms with Crippen LogP contribution in [0.15, 0.2) is 18.2 Å². The number of nitrogens with one attached hydrogen (secondary N) is 1. The molecular formula is C13H19NO2S. The molecule has 1 atom stereocenters. The summed E-state index contributed by atoms with van der Waals surface area (Å²) in [6.07, 6.45) is 2.10. The van der Waals surface area contributed by atoms with Crippen molar-refractivity contribution in [3.8, 4) is 0 Å². The Balaban J connectivity index is 2.63. The van der Waals surface area contributed by atoms with Crippen LogP contribution in [-0.2, 0) is 0 Å². The van der Waals surface area contributed by atoms with E-state index in [4.69, 9.17) is 5.11 Å². The molecule has 0 saturated heterocycles. The van der Waals surface area contributed by atoms with Gasteiger partial charge in [-0.1, -0.05) is 6.92 Å². The van der Waals surface area contributed by atoms with Gasteiger partial charge in [0.25, 0.3) is 0 Å². The molecule has 94 valence electrons. The largest absolute Gasteiger partial charge is 0.478 e. The van der Waals surface area contributed by atoms with Gasteiger partial charge in [-0.2, -0.15) is 11.8 Å². The molecule has 0 amide bonds. The highest BCUT2D eigenvalue weighted by atomic mass is 32.2. The van der Waals surface area contributed by atoms with Gasteiger partial charge in [0.05, 0.1) is 5.56 Å². The number of aryl methyl sites for hydroxylation is 1. The summed E-state index contributed by atoms with van der Waals surface area (Å²) in [5.41, 5.74) is 2.33. The molecule has 0 saturated carbocycles. The maximum Gasteiger partial charge on any atom is 0.335 e. The third-order valence-corrected chi connectivity index (χ3v) is 3.47. The van der Waals surface area contributed by atoms with Crippen LogP contribution in [0.2, 0.25) is 0 Å². The van der Waals surface area contributed by atoms with Crippen molar-refractivity contribution in [2.24, 2.45) is 5.92 Å². The monoisotopic (exact) mass is 253 g/mol. The van der Waals surface area contributed by atoms with E-state index in [0.29, 0.717) is 11.5 Å². The lowest BCUT2D eigenvalue weighted by atomic mass is 10.1. The fraction of sp³-hybridized carbons (Fsp3) is 0.462. The van der Waals surface area contributed by atoms with Crippen LogP contribution in [0.3, 0.4) is 0 Å². The van der Waals surface area contributed by atoms with Gasteiger partial charge in [-0.05, 0) is 48.6 Å². The van der Waals surface area contributed by atoms with Crippen LogP contribution in [0.1, 0.15) is 22.8 Å². The first kappa shape index (κ1) is 13.9. The van der Waals surface area contributed by atoms with E-state index in [0.717, 1.165) is 23.5 Å². The maximum absolute atomic E-state index is 10.8. The molecule has 0 fully saturated rings. The van der Waals surface area contributed by atoms with Crippen LogP contribution in [0, 0.1) is 12.8 Å². The number of thioether (sulfide) groups is 1. The molecule has 1 aromatic carbocycles. The van der Waals surface area contributed by atoms with Crippen LogP contribution in [0.5, 0.6) is 0 Å². The quantitative estimate of drug-likeness (QED) is 0.818. The maximum atomic E-state index is 10.8. The van der Waals surface area contributed by atoms with Crippen molar-refractivity contribution in [1.29, 1.82) is 0 Å². The van der Waals surface area contributed by atoms with Gasteiger partial charge in [0.15, 0.2) is 0 Å². The second kappa shape index (κ2) is 6.55. The summed E-state index contributed by atoms with van der Waals surface area (Å²) >= 11 is 1.84.